The van der Waals surface area contributed by atoms with Crippen molar-refractivity contribution in [2.75, 3.05) is 6.79 Å². The Morgan fingerprint density at radius 2 is 1.36 bits per heavy atom. The first kappa shape index (κ1) is 17.2. The number of hydrogen-bond donors (Lipinski definition) is 0. The van der Waals surface area contributed by atoms with Crippen molar-refractivity contribution in [2.24, 2.45) is 0 Å². The molecule has 0 unspecified atom stereocenters. The molecule has 0 saturated carbocycles. The number of rotatable bonds is 6. The molecule has 3 aromatic carbocycles. The van der Waals surface area contributed by atoms with Crippen LogP contribution in [0, 0.1) is 6.92 Å². The molecule has 25 heavy (non-hydrogen) atoms. The van der Waals surface area contributed by atoms with Gasteiger partial charge in [-0.2, -0.15) is 8.42 Å². The quantitative estimate of drug-likeness (QED) is 0.486. The minimum absolute atomic E-state index is 0.112. The van der Waals surface area contributed by atoms with Crippen LogP contribution in [0.3, 0.4) is 0 Å². The van der Waals surface area contributed by atoms with Crippen LogP contribution < -0.4 is 4.74 Å². The van der Waals surface area contributed by atoms with Gasteiger partial charge < -0.3 is 4.74 Å². The number of ether oxygens (including phenoxy) is 1. The molecule has 0 aliphatic heterocycles. The predicted octanol–water partition coefficient (Wildman–Crippen LogP) is 4.40. The maximum atomic E-state index is 12.1. The summed E-state index contributed by atoms with van der Waals surface area (Å²) >= 11 is 0. The molecule has 0 N–H and O–H groups in total. The van der Waals surface area contributed by atoms with Gasteiger partial charge in [-0.1, -0.05) is 60.2 Å². The summed E-state index contributed by atoms with van der Waals surface area (Å²) in [4.78, 5) is 0.112. The van der Waals surface area contributed by atoms with Crippen LogP contribution in [0.25, 0.3) is 11.1 Å². The molecule has 0 radical (unpaired) electrons. The van der Waals surface area contributed by atoms with Gasteiger partial charge in [0.05, 0.1) is 4.90 Å². The normalized spacial score (nSPS) is 11.2. The molecule has 0 aromatic heterocycles. The van der Waals surface area contributed by atoms with Gasteiger partial charge in [-0.3, -0.25) is 0 Å². The van der Waals surface area contributed by atoms with Crippen molar-refractivity contribution < 1.29 is 17.3 Å². The lowest BCUT2D eigenvalue weighted by Gasteiger charge is -2.09. The molecular weight excluding hydrogens is 336 g/mol. The second-order valence-electron chi connectivity index (χ2n) is 5.54. The molecule has 128 valence electrons. The predicted molar refractivity (Wildman–Crippen MR) is 96.8 cm³/mol. The molecule has 0 aliphatic rings. The molecule has 0 aliphatic carbocycles. The monoisotopic (exact) mass is 354 g/mol. The summed E-state index contributed by atoms with van der Waals surface area (Å²) in [6.45, 7) is 1.51. The molecule has 0 fully saturated rings. The van der Waals surface area contributed by atoms with E-state index in [-0.39, 0.29) is 11.7 Å². The highest BCUT2D eigenvalue weighted by atomic mass is 32.2. The molecule has 0 amide bonds. The van der Waals surface area contributed by atoms with Crippen LogP contribution >= 0.6 is 0 Å². The maximum Gasteiger partial charge on any atom is 0.300 e. The topological polar surface area (TPSA) is 52.6 Å². The van der Waals surface area contributed by atoms with E-state index in [0.29, 0.717) is 5.75 Å². The maximum absolute atomic E-state index is 12.1. The molecule has 0 atom stereocenters. The second kappa shape index (κ2) is 7.51. The Kier molecular flexibility index (Phi) is 5.16. The minimum Gasteiger partial charge on any atom is -0.466 e. The summed E-state index contributed by atoms with van der Waals surface area (Å²) in [6.07, 6.45) is 0. The highest BCUT2D eigenvalue weighted by Crippen LogP contribution is 2.22. The fourth-order valence-electron chi connectivity index (χ4n) is 2.30. The third-order valence-electron chi connectivity index (χ3n) is 3.70. The highest BCUT2D eigenvalue weighted by molar-refractivity contribution is 7.86. The van der Waals surface area contributed by atoms with Gasteiger partial charge >= 0.3 is 0 Å². The first-order valence-corrected chi connectivity index (χ1v) is 9.20. The van der Waals surface area contributed by atoms with Gasteiger partial charge in [0.1, 0.15) is 5.75 Å². The fourth-order valence-corrected chi connectivity index (χ4v) is 3.08. The molecule has 0 saturated heterocycles. The Labute approximate surface area is 147 Å². The first-order chi connectivity index (χ1) is 12.0. The van der Waals surface area contributed by atoms with Gasteiger partial charge in [-0.25, -0.2) is 4.18 Å². The Balaban J connectivity index is 1.59. The van der Waals surface area contributed by atoms with Crippen molar-refractivity contribution in [3.8, 4) is 16.9 Å². The van der Waals surface area contributed by atoms with E-state index in [1.807, 2.05) is 49.4 Å². The van der Waals surface area contributed by atoms with Crippen molar-refractivity contribution in [3.05, 3.63) is 84.4 Å². The van der Waals surface area contributed by atoms with Crippen molar-refractivity contribution in [1.29, 1.82) is 0 Å². The van der Waals surface area contributed by atoms with E-state index in [9.17, 15) is 8.42 Å². The SMILES string of the molecule is Cc1ccc(S(=O)(=O)OCOc2ccc(-c3ccccc3)cc2)cc1. The van der Waals surface area contributed by atoms with Gasteiger partial charge in [0.15, 0.2) is 0 Å². The van der Waals surface area contributed by atoms with E-state index in [0.717, 1.165) is 16.7 Å². The Morgan fingerprint density at radius 3 is 2.00 bits per heavy atom. The van der Waals surface area contributed by atoms with Gasteiger partial charge in [0.2, 0.25) is 6.79 Å². The van der Waals surface area contributed by atoms with Gasteiger partial charge in [-0.05, 0) is 42.3 Å². The summed E-state index contributed by atoms with van der Waals surface area (Å²) in [5.41, 5.74) is 3.14. The van der Waals surface area contributed by atoms with Crippen LogP contribution in [0.1, 0.15) is 5.56 Å². The first-order valence-electron chi connectivity index (χ1n) is 7.79. The fraction of sp³-hybridized carbons (Fsp3) is 0.100. The molecule has 0 bridgehead atoms. The lowest BCUT2D eigenvalue weighted by molar-refractivity contribution is 0.126. The third-order valence-corrected chi connectivity index (χ3v) is 4.96. The Morgan fingerprint density at radius 1 is 0.760 bits per heavy atom. The average molecular weight is 354 g/mol. The zero-order valence-corrected chi connectivity index (χ0v) is 14.6. The summed E-state index contributed by atoms with van der Waals surface area (Å²) in [7, 11) is -3.82. The van der Waals surface area contributed by atoms with Gasteiger partial charge in [-0.15, -0.1) is 0 Å². The number of aryl methyl sites for hydroxylation is 1. The van der Waals surface area contributed by atoms with E-state index >= 15 is 0 Å². The second-order valence-corrected chi connectivity index (χ2v) is 7.15. The van der Waals surface area contributed by atoms with Crippen LogP contribution in [0.4, 0.5) is 0 Å². The number of benzene rings is 3. The molecule has 3 aromatic rings. The lowest BCUT2D eigenvalue weighted by Crippen LogP contribution is -2.11. The molecular formula is C20H18O4S. The smallest absolute Gasteiger partial charge is 0.300 e. The Hall–Kier alpha value is -2.63. The molecule has 3 rings (SSSR count). The van der Waals surface area contributed by atoms with Crippen molar-refractivity contribution in [2.45, 2.75) is 11.8 Å². The van der Waals surface area contributed by atoms with Crippen LogP contribution in [0.5, 0.6) is 5.75 Å². The van der Waals surface area contributed by atoms with E-state index in [4.69, 9.17) is 8.92 Å². The van der Waals surface area contributed by atoms with E-state index in [1.165, 1.54) is 12.1 Å². The van der Waals surface area contributed by atoms with Crippen LogP contribution in [-0.4, -0.2) is 15.2 Å². The molecule has 4 nitrogen and oxygen atoms in total. The largest absolute Gasteiger partial charge is 0.466 e. The standard InChI is InChI=1S/C20H18O4S/c1-16-7-13-20(14-8-16)25(21,22)24-15-23-19-11-9-18(10-12-19)17-5-3-2-4-6-17/h2-14H,15H2,1H3. The van der Waals surface area contributed by atoms with Crippen LogP contribution in [0.2, 0.25) is 0 Å². The zero-order valence-electron chi connectivity index (χ0n) is 13.8. The average Bonchev–Trinajstić information content (AvgIpc) is 2.63. The third kappa shape index (κ3) is 4.47. The molecule has 5 heteroatoms. The van der Waals surface area contributed by atoms with Gasteiger partial charge in [0.25, 0.3) is 10.1 Å². The van der Waals surface area contributed by atoms with Crippen LogP contribution in [0.15, 0.2) is 83.8 Å². The summed E-state index contributed by atoms with van der Waals surface area (Å²) in [6, 6.07) is 23.8. The molecule has 0 heterocycles. The van der Waals surface area contributed by atoms with E-state index in [1.54, 1.807) is 24.3 Å². The minimum atomic E-state index is -3.82. The van der Waals surface area contributed by atoms with E-state index < -0.39 is 10.1 Å². The Bertz CT molecular complexity index is 916. The van der Waals surface area contributed by atoms with Crippen molar-refractivity contribution in [3.63, 3.8) is 0 Å². The zero-order chi connectivity index (χ0) is 17.7. The van der Waals surface area contributed by atoms with Crippen LogP contribution in [-0.2, 0) is 14.3 Å². The summed E-state index contributed by atoms with van der Waals surface area (Å²) in [5.74, 6) is 0.541. The van der Waals surface area contributed by atoms with Crippen molar-refractivity contribution >= 4 is 10.1 Å². The van der Waals surface area contributed by atoms with E-state index in [2.05, 4.69) is 0 Å². The summed E-state index contributed by atoms with van der Waals surface area (Å²) in [5, 5.41) is 0. The van der Waals surface area contributed by atoms with Gasteiger partial charge in [0, 0.05) is 0 Å². The summed E-state index contributed by atoms with van der Waals surface area (Å²) < 4.78 is 34.4. The number of hydrogen-bond acceptors (Lipinski definition) is 4. The molecule has 0 spiro atoms. The highest BCUT2D eigenvalue weighted by Gasteiger charge is 2.15. The van der Waals surface area contributed by atoms with Crippen molar-refractivity contribution in [1.82, 2.24) is 0 Å². The lowest BCUT2D eigenvalue weighted by atomic mass is 10.1.